The molecule has 0 atom stereocenters. The normalized spacial score (nSPS) is 11.0. The average molecular weight is 379 g/mol. The molecule has 0 unspecified atom stereocenters. The summed E-state index contributed by atoms with van der Waals surface area (Å²) >= 11 is 0. The summed E-state index contributed by atoms with van der Waals surface area (Å²) in [4.78, 5) is 28.9. The molecule has 1 N–H and O–H groups in total. The van der Waals surface area contributed by atoms with Crippen LogP contribution in [0.4, 0.5) is 0 Å². The SMILES string of the molecule is CC(C)OC(=O)Cn1c(CCCNC(=O)c2ccccc2)nc2ccccc21. The van der Waals surface area contributed by atoms with Crippen LogP contribution in [-0.2, 0) is 22.5 Å². The summed E-state index contributed by atoms with van der Waals surface area (Å²) in [6.45, 7) is 4.33. The Hall–Kier alpha value is -3.15. The molecule has 0 saturated heterocycles. The third-order valence-electron chi connectivity index (χ3n) is 4.29. The maximum atomic E-state index is 12.2. The van der Waals surface area contributed by atoms with Gasteiger partial charge in [0, 0.05) is 18.5 Å². The number of ether oxygens (including phenoxy) is 1. The molecule has 28 heavy (non-hydrogen) atoms. The Labute approximate surface area is 164 Å². The van der Waals surface area contributed by atoms with E-state index in [-0.39, 0.29) is 24.5 Å². The molecule has 0 aliphatic heterocycles. The molecule has 0 fully saturated rings. The van der Waals surface area contributed by atoms with Crippen LogP contribution in [0.25, 0.3) is 11.0 Å². The standard InChI is InChI=1S/C22H25N3O3/c1-16(2)28-21(26)15-25-19-12-7-6-11-18(19)24-20(25)13-8-14-23-22(27)17-9-4-3-5-10-17/h3-7,9-12,16H,8,13-15H2,1-2H3,(H,23,27). The second kappa shape index (κ2) is 9.17. The highest BCUT2D eigenvalue weighted by atomic mass is 16.5. The van der Waals surface area contributed by atoms with Gasteiger partial charge in [-0.1, -0.05) is 30.3 Å². The number of carbonyl (C=O) groups is 2. The van der Waals surface area contributed by atoms with Crippen LogP contribution in [0.3, 0.4) is 0 Å². The monoisotopic (exact) mass is 379 g/mol. The Morgan fingerprint density at radius 3 is 2.54 bits per heavy atom. The fourth-order valence-corrected chi connectivity index (χ4v) is 3.06. The van der Waals surface area contributed by atoms with Crippen molar-refractivity contribution in [2.24, 2.45) is 0 Å². The van der Waals surface area contributed by atoms with Gasteiger partial charge in [-0.2, -0.15) is 0 Å². The minimum Gasteiger partial charge on any atom is -0.462 e. The summed E-state index contributed by atoms with van der Waals surface area (Å²) in [5.41, 5.74) is 2.40. The van der Waals surface area contributed by atoms with Gasteiger partial charge in [-0.25, -0.2) is 4.98 Å². The summed E-state index contributed by atoms with van der Waals surface area (Å²) in [5.74, 6) is 0.447. The molecular formula is C22H25N3O3. The number of esters is 1. The predicted molar refractivity (Wildman–Crippen MR) is 108 cm³/mol. The number of para-hydroxylation sites is 2. The molecular weight excluding hydrogens is 354 g/mol. The first-order chi connectivity index (χ1) is 13.5. The van der Waals surface area contributed by atoms with Gasteiger partial charge in [0.2, 0.25) is 0 Å². The van der Waals surface area contributed by atoms with E-state index in [1.54, 1.807) is 12.1 Å². The fourth-order valence-electron chi connectivity index (χ4n) is 3.06. The largest absolute Gasteiger partial charge is 0.462 e. The molecule has 6 nitrogen and oxygen atoms in total. The van der Waals surface area contributed by atoms with Gasteiger partial charge in [-0.05, 0) is 44.5 Å². The van der Waals surface area contributed by atoms with Gasteiger partial charge < -0.3 is 14.6 Å². The molecule has 0 saturated carbocycles. The molecule has 2 aromatic carbocycles. The van der Waals surface area contributed by atoms with Gasteiger partial charge in [0.1, 0.15) is 12.4 Å². The average Bonchev–Trinajstić information content (AvgIpc) is 3.02. The van der Waals surface area contributed by atoms with E-state index in [1.807, 2.05) is 60.9 Å². The molecule has 0 aliphatic rings. The van der Waals surface area contributed by atoms with Crippen LogP contribution in [0.5, 0.6) is 0 Å². The molecule has 1 heterocycles. The second-order valence-corrected chi connectivity index (χ2v) is 6.87. The Balaban J connectivity index is 1.64. The van der Waals surface area contributed by atoms with Crippen LogP contribution in [0.15, 0.2) is 54.6 Å². The van der Waals surface area contributed by atoms with E-state index < -0.39 is 0 Å². The number of nitrogens with zero attached hydrogens (tertiary/aromatic N) is 2. The summed E-state index contributed by atoms with van der Waals surface area (Å²) in [7, 11) is 0. The molecule has 0 bridgehead atoms. The number of hydrogen-bond acceptors (Lipinski definition) is 4. The van der Waals surface area contributed by atoms with Gasteiger partial charge in [-0.3, -0.25) is 9.59 Å². The predicted octanol–water partition coefficient (Wildman–Crippen LogP) is 3.35. The Bertz CT molecular complexity index is 948. The van der Waals surface area contributed by atoms with Crippen LogP contribution in [-0.4, -0.2) is 34.1 Å². The number of aryl methyl sites for hydroxylation is 1. The highest BCUT2D eigenvalue weighted by Crippen LogP contribution is 2.17. The maximum absolute atomic E-state index is 12.2. The highest BCUT2D eigenvalue weighted by Gasteiger charge is 2.15. The molecule has 3 aromatic rings. The number of nitrogens with one attached hydrogen (secondary N) is 1. The van der Waals surface area contributed by atoms with Crippen LogP contribution in [0, 0.1) is 0 Å². The Morgan fingerprint density at radius 2 is 1.79 bits per heavy atom. The van der Waals surface area contributed by atoms with Crippen molar-refractivity contribution in [2.45, 2.75) is 39.3 Å². The van der Waals surface area contributed by atoms with Crippen molar-refractivity contribution >= 4 is 22.9 Å². The molecule has 3 rings (SSSR count). The number of fused-ring (bicyclic) bond motifs is 1. The molecule has 0 spiro atoms. The summed E-state index contributed by atoms with van der Waals surface area (Å²) in [5, 5.41) is 2.92. The zero-order valence-corrected chi connectivity index (χ0v) is 16.2. The fraction of sp³-hybridized carbons (Fsp3) is 0.318. The summed E-state index contributed by atoms with van der Waals surface area (Å²) in [6, 6.07) is 16.9. The van der Waals surface area contributed by atoms with E-state index in [0.29, 0.717) is 18.5 Å². The van der Waals surface area contributed by atoms with Crippen molar-refractivity contribution in [2.75, 3.05) is 6.54 Å². The zero-order chi connectivity index (χ0) is 19.9. The third kappa shape index (κ3) is 4.97. The van der Waals surface area contributed by atoms with Crippen LogP contribution >= 0.6 is 0 Å². The third-order valence-corrected chi connectivity index (χ3v) is 4.29. The smallest absolute Gasteiger partial charge is 0.326 e. The van der Waals surface area contributed by atoms with Crippen molar-refractivity contribution < 1.29 is 14.3 Å². The quantitative estimate of drug-likeness (QED) is 0.481. The summed E-state index contributed by atoms with van der Waals surface area (Å²) in [6.07, 6.45) is 1.22. The highest BCUT2D eigenvalue weighted by molar-refractivity contribution is 5.94. The first-order valence-corrected chi connectivity index (χ1v) is 9.51. The van der Waals surface area contributed by atoms with E-state index in [0.717, 1.165) is 23.3 Å². The van der Waals surface area contributed by atoms with E-state index in [2.05, 4.69) is 10.3 Å². The minimum atomic E-state index is -0.281. The van der Waals surface area contributed by atoms with Gasteiger partial charge in [0.05, 0.1) is 17.1 Å². The lowest BCUT2D eigenvalue weighted by atomic mass is 10.2. The van der Waals surface area contributed by atoms with Gasteiger partial charge in [-0.15, -0.1) is 0 Å². The van der Waals surface area contributed by atoms with E-state index in [9.17, 15) is 9.59 Å². The van der Waals surface area contributed by atoms with Crippen LogP contribution in [0.1, 0.15) is 36.5 Å². The maximum Gasteiger partial charge on any atom is 0.326 e. The molecule has 0 aliphatic carbocycles. The number of benzene rings is 2. The van der Waals surface area contributed by atoms with Crippen molar-refractivity contribution in [1.82, 2.24) is 14.9 Å². The number of rotatable bonds is 8. The lowest BCUT2D eigenvalue weighted by molar-refractivity contribution is -0.148. The molecule has 1 amide bonds. The number of carbonyl (C=O) groups excluding carboxylic acids is 2. The molecule has 6 heteroatoms. The van der Waals surface area contributed by atoms with E-state index >= 15 is 0 Å². The Kier molecular flexibility index (Phi) is 6.42. The lowest BCUT2D eigenvalue weighted by Crippen LogP contribution is -2.25. The number of hydrogen-bond donors (Lipinski definition) is 1. The van der Waals surface area contributed by atoms with E-state index in [1.165, 1.54) is 0 Å². The van der Waals surface area contributed by atoms with Gasteiger partial charge in [0.15, 0.2) is 0 Å². The molecule has 1 aromatic heterocycles. The lowest BCUT2D eigenvalue weighted by Gasteiger charge is -2.11. The zero-order valence-electron chi connectivity index (χ0n) is 16.2. The van der Waals surface area contributed by atoms with Crippen LogP contribution in [0.2, 0.25) is 0 Å². The first kappa shape index (κ1) is 19.6. The van der Waals surface area contributed by atoms with Crippen molar-refractivity contribution in [3.8, 4) is 0 Å². The van der Waals surface area contributed by atoms with Crippen molar-refractivity contribution in [1.29, 1.82) is 0 Å². The molecule has 146 valence electrons. The topological polar surface area (TPSA) is 73.2 Å². The van der Waals surface area contributed by atoms with Crippen molar-refractivity contribution in [3.05, 3.63) is 66.0 Å². The van der Waals surface area contributed by atoms with Gasteiger partial charge >= 0.3 is 5.97 Å². The summed E-state index contributed by atoms with van der Waals surface area (Å²) < 4.78 is 7.19. The van der Waals surface area contributed by atoms with Gasteiger partial charge in [0.25, 0.3) is 5.91 Å². The first-order valence-electron chi connectivity index (χ1n) is 9.51. The number of amides is 1. The van der Waals surface area contributed by atoms with Crippen LogP contribution < -0.4 is 5.32 Å². The second-order valence-electron chi connectivity index (χ2n) is 6.87. The molecule has 0 radical (unpaired) electrons. The Morgan fingerprint density at radius 1 is 1.07 bits per heavy atom. The number of aromatic nitrogens is 2. The number of imidazole rings is 1. The minimum absolute atomic E-state index is 0.0883. The van der Waals surface area contributed by atoms with Crippen molar-refractivity contribution in [3.63, 3.8) is 0 Å². The van der Waals surface area contributed by atoms with E-state index in [4.69, 9.17) is 4.74 Å².